The van der Waals surface area contributed by atoms with Gasteiger partial charge in [-0.3, -0.25) is 4.79 Å². The van der Waals surface area contributed by atoms with E-state index >= 15 is 0 Å². The fourth-order valence-corrected chi connectivity index (χ4v) is 2.15. The van der Waals surface area contributed by atoms with E-state index in [0.29, 0.717) is 12.5 Å². The largest absolute Gasteiger partial charge is 0.395 e. The number of nitrogens with zero attached hydrogens (tertiary/aromatic N) is 1. The van der Waals surface area contributed by atoms with Crippen molar-refractivity contribution in [1.82, 2.24) is 4.90 Å². The summed E-state index contributed by atoms with van der Waals surface area (Å²) in [4.78, 5) is 13.7. The van der Waals surface area contributed by atoms with Crippen LogP contribution in [0.4, 0.5) is 0 Å². The Morgan fingerprint density at radius 3 is 2.26 bits per heavy atom. The van der Waals surface area contributed by atoms with Crippen LogP contribution in [-0.2, 0) is 11.2 Å². The van der Waals surface area contributed by atoms with E-state index < -0.39 is 0 Å². The summed E-state index contributed by atoms with van der Waals surface area (Å²) in [5, 5.41) is 8.86. The lowest BCUT2D eigenvalue weighted by Crippen LogP contribution is -2.32. The SMILES string of the molecule is CC(C)Cc1ccc(C(C)C(=O)N(C)CCO)cc1. The van der Waals surface area contributed by atoms with Crippen molar-refractivity contribution in [2.75, 3.05) is 20.2 Å². The summed E-state index contributed by atoms with van der Waals surface area (Å²) in [7, 11) is 1.72. The summed E-state index contributed by atoms with van der Waals surface area (Å²) in [6.07, 6.45) is 1.06. The Balaban J connectivity index is 2.72. The van der Waals surface area contributed by atoms with Crippen LogP contribution in [0.1, 0.15) is 37.8 Å². The minimum Gasteiger partial charge on any atom is -0.395 e. The second kappa shape index (κ2) is 7.29. The van der Waals surface area contributed by atoms with E-state index in [2.05, 4.69) is 26.0 Å². The average molecular weight is 263 g/mol. The Morgan fingerprint density at radius 1 is 1.21 bits per heavy atom. The fraction of sp³-hybridized carbons (Fsp3) is 0.562. The third kappa shape index (κ3) is 4.67. The predicted octanol–water partition coefficient (Wildman–Crippen LogP) is 2.44. The van der Waals surface area contributed by atoms with Gasteiger partial charge in [0.1, 0.15) is 0 Å². The first-order valence-electron chi connectivity index (χ1n) is 6.90. The number of likely N-dealkylation sites (N-methyl/N-ethyl adjacent to an activating group) is 1. The number of benzene rings is 1. The molecule has 1 N–H and O–H groups in total. The number of aliphatic hydroxyl groups is 1. The molecule has 1 unspecified atom stereocenters. The Bertz CT molecular complexity index is 398. The maximum absolute atomic E-state index is 12.1. The number of amides is 1. The lowest BCUT2D eigenvalue weighted by molar-refractivity contribution is -0.131. The van der Waals surface area contributed by atoms with Crippen LogP contribution < -0.4 is 0 Å². The summed E-state index contributed by atoms with van der Waals surface area (Å²) in [6.45, 7) is 6.69. The molecule has 0 saturated carbocycles. The predicted molar refractivity (Wildman–Crippen MR) is 78.1 cm³/mol. The van der Waals surface area contributed by atoms with Crippen LogP contribution >= 0.6 is 0 Å². The van der Waals surface area contributed by atoms with Gasteiger partial charge in [0, 0.05) is 13.6 Å². The molecule has 106 valence electrons. The van der Waals surface area contributed by atoms with Gasteiger partial charge in [0.15, 0.2) is 0 Å². The summed E-state index contributed by atoms with van der Waals surface area (Å²) in [6, 6.07) is 8.27. The first-order valence-corrected chi connectivity index (χ1v) is 6.90. The maximum Gasteiger partial charge on any atom is 0.229 e. The number of aliphatic hydroxyl groups excluding tert-OH is 1. The van der Waals surface area contributed by atoms with E-state index in [0.717, 1.165) is 12.0 Å². The smallest absolute Gasteiger partial charge is 0.229 e. The second-order valence-electron chi connectivity index (χ2n) is 5.54. The molecule has 0 bridgehead atoms. The van der Waals surface area contributed by atoms with Gasteiger partial charge in [-0.1, -0.05) is 38.1 Å². The van der Waals surface area contributed by atoms with Gasteiger partial charge in [-0.2, -0.15) is 0 Å². The van der Waals surface area contributed by atoms with Gasteiger partial charge in [0.25, 0.3) is 0 Å². The lowest BCUT2D eigenvalue weighted by Gasteiger charge is -2.21. The molecule has 0 saturated heterocycles. The highest BCUT2D eigenvalue weighted by molar-refractivity contribution is 5.83. The summed E-state index contributed by atoms with van der Waals surface area (Å²) < 4.78 is 0. The minimum atomic E-state index is -0.162. The van der Waals surface area contributed by atoms with Crippen LogP contribution in [0.5, 0.6) is 0 Å². The Hall–Kier alpha value is -1.35. The highest BCUT2D eigenvalue weighted by Crippen LogP contribution is 2.19. The molecule has 0 aliphatic rings. The van der Waals surface area contributed by atoms with Crippen LogP contribution in [0.2, 0.25) is 0 Å². The van der Waals surface area contributed by atoms with E-state index in [-0.39, 0.29) is 18.4 Å². The minimum absolute atomic E-state index is 0.00227. The molecule has 1 aromatic carbocycles. The standard InChI is InChI=1S/C16H25NO2/c1-12(2)11-14-5-7-15(8-6-14)13(3)16(19)17(4)9-10-18/h5-8,12-13,18H,9-11H2,1-4H3. The van der Waals surface area contributed by atoms with Crippen molar-refractivity contribution in [3.63, 3.8) is 0 Å². The van der Waals surface area contributed by atoms with Crippen molar-refractivity contribution in [3.05, 3.63) is 35.4 Å². The van der Waals surface area contributed by atoms with Gasteiger partial charge in [-0.15, -0.1) is 0 Å². The molecule has 3 nitrogen and oxygen atoms in total. The molecule has 0 aliphatic carbocycles. The molecule has 19 heavy (non-hydrogen) atoms. The van der Waals surface area contributed by atoms with Crippen LogP contribution in [0.25, 0.3) is 0 Å². The highest BCUT2D eigenvalue weighted by Gasteiger charge is 2.18. The third-order valence-electron chi connectivity index (χ3n) is 3.31. The fourth-order valence-electron chi connectivity index (χ4n) is 2.15. The van der Waals surface area contributed by atoms with Crippen LogP contribution in [0.15, 0.2) is 24.3 Å². The van der Waals surface area contributed by atoms with Crippen molar-refractivity contribution < 1.29 is 9.90 Å². The van der Waals surface area contributed by atoms with E-state index in [1.165, 1.54) is 5.56 Å². The lowest BCUT2D eigenvalue weighted by atomic mass is 9.96. The molecule has 1 amide bonds. The first-order chi connectivity index (χ1) is 8.95. The zero-order valence-electron chi connectivity index (χ0n) is 12.4. The molecule has 3 heteroatoms. The molecule has 0 radical (unpaired) electrons. The molecule has 1 rings (SSSR count). The van der Waals surface area contributed by atoms with Gasteiger partial charge in [-0.05, 0) is 30.4 Å². The zero-order valence-corrected chi connectivity index (χ0v) is 12.4. The van der Waals surface area contributed by atoms with Crippen molar-refractivity contribution in [2.45, 2.75) is 33.1 Å². The Kier molecular flexibility index (Phi) is 6.03. The van der Waals surface area contributed by atoms with Crippen molar-refractivity contribution in [2.24, 2.45) is 5.92 Å². The van der Waals surface area contributed by atoms with Gasteiger partial charge in [-0.25, -0.2) is 0 Å². The summed E-state index contributed by atoms with van der Waals surface area (Å²) in [5.41, 5.74) is 2.34. The normalized spacial score (nSPS) is 12.5. The van der Waals surface area contributed by atoms with E-state index in [1.54, 1.807) is 11.9 Å². The molecule has 0 spiro atoms. The second-order valence-corrected chi connectivity index (χ2v) is 5.54. The average Bonchev–Trinajstić information content (AvgIpc) is 2.37. The maximum atomic E-state index is 12.1. The van der Waals surface area contributed by atoms with E-state index in [4.69, 9.17) is 5.11 Å². The van der Waals surface area contributed by atoms with E-state index in [9.17, 15) is 4.79 Å². The molecule has 0 aromatic heterocycles. The van der Waals surface area contributed by atoms with Gasteiger partial charge >= 0.3 is 0 Å². The number of carbonyl (C=O) groups excluding carboxylic acids is 1. The number of hydrogen-bond acceptors (Lipinski definition) is 2. The van der Waals surface area contributed by atoms with Crippen LogP contribution in [0.3, 0.4) is 0 Å². The number of rotatable bonds is 6. The van der Waals surface area contributed by atoms with Gasteiger partial charge < -0.3 is 10.0 Å². The molecular formula is C16H25NO2. The van der Waals surface area contributed by atoms with Crippen molar-refractivity contribution >= 4 is 5.91 Å². The molecule has 0 aliphatic heterocycles. The van der Waals surface area contributed by atoms with Crippen LogP contribution in [0, 0.1) is 5.92 Å². The quantitative estimate of drug-likeness (QED) is 0.856. The molecule has 1 atom stereocenters. The van der Waals surface area contributed by atoms with Crippen molar-refractivity contribution in [1.29, 1.82) is 0 Å². The Labute approximate surface area is 116 Å². The molecule has 0 fully saturated rings. The summed E-state index contributed by atoms with van der Waals surface area (Å²) in [5.74, 6) is 0.524. The molecule has 1 aromatic rings. The number of hydrogen-bond donors (Lipinski definition) is 1. The van der Waals surface area contributed by atoms with Gasteiger partial charge in [0.05, 0.1) is 12.5 Å². The summed E-state index contributed by atoms with van der Waals surface area (Å²) >= 11 is 0. The Morgan fingerprint density at radius 2 is 1.79 bits per heavy atom. The number of carbonyl (C=O) groups is 1. The van der Waals surface area contributed by atoms with Crippen molar-refractivity contribution in [3.8, 4) is 0 Å². The monoisotopic (exact) mass is 263 g/mol. The molecular weight excluding hydrogens is 238 g/mol. The molecule has 0 heterocycles. The van der Waals surface area contributed by atoms with Gasteiger partial charge in [0.2, 0.25) is 5.91 Å². The zero-order chi connectivity index (χ0) is 14.4. The highest BCUT2D eigenvalue weighted by atomic mass is 16.3. The van der Waals surface area contributed by atoms with E-state index in [1.807, 2.05) is 19.1 Å². The third-order valence-corrected chi connectivity index (χ3v) is 3.31. The topological polar surface area (TPSA) is 40.5 Å². The van der Waals surface area contributed by atoms with Crippen LogP contribution in [-0.4, -0.2) is 36.1 Å². The first kappa shape index (κ1) is 15.7.